The van der Waals surface area contributed by atoms with E-state index >= 15 is 0 Å². The Labute approximate surface area is 251 Å². The molecule has 4 atom stereocenters. The number of amides is 3. The summed E-state index contributed by atoms with van der Waals surface area (Å²) in [6.45, 7) is 9.93. The molecule has 11 nitrogen and oxygen atoms in total. The molecule has 1 aliphatic heterocycles. The van der Waals surface area contributed by atoms with E-state index in [0.29, 0.717) is 13.0 Å². The first-order valence-corrected chi connectivity index (χ1v) is 15.4. The van der Waals surface area contributed by atoms with Crippen molar-refractivity contribution in [3.63, 3.8) is 0 Å². The van der Waals surface area contributed by atoms with Gasteiger partial charge in [-0.05, 0) is 48.8 Å². The van der Waals surface area contributed by atoms with Crippen LogP contribution in [-0.2, 0) is 14.4 Å². The zero-order valence-electron chi connectivity index (χ0n) is 25.2. The van der Waals surface area contributed by atoms with Gasteiger partial charge in [-0.15, -0.1) is 11.3 Å². The zero-order valence-corrected chi connectivity index (χ0v) is 26.0. The minimum Gasteiger partial charge on any atom is -0.391 e. The highest BCUT2D eigenvalue weighted by Gasteiger charge is 2.44. The first-order chi connectivity index (χ1) is 19.9. The van der Waals surface area contributed by atoms with E-state index < -0.39 is 23.6 Å². The summed E-state index contributed by atoms with van der Waals surface area (Å²) in [5, 5.41) is 19.9. The Balaban J connectivity index is 1.62. The molecule has 1 saturated heterocycles. The van der Waals surface area contributed by atoms with E-state index in [1.165, 1.54) is 4.90 Å². The molecule has 3 rings (SSSR count). The number of likely N-dealkylation sites (tertiary alicyclic amines) is 1. The van der Waals surface area contributed by atoms with Gasteiger partial charge in [0.15, 0.2) is 0 Å². The highest BCUT2D eigenvalue weighted by molar-refractivity contribution is 7.13. The molecule has 1 aromatic heterocycles. The van der Waals surface area contributed by atoms with E-state index in [9.17, 15) is 19.5 Å². The monoisotopic (exact) mass is 597 g/mol. The summed E-state index contributed by atoms with van der Waals surface area (Å²) >= 11 is 1.58. The normalized spacial score (nSPS) is 18.2. The average molecular weight is 598 g/mol. The number of hydrogen-bond acceptors (Lipinski definition) is 7. The van der Waals surface area contributed by atoms with Crippen LogP contribution in [0.5, 0.6) is 0 Å². The number of nitrogens with one attached hydrogen (secondary N) is 2. The van der Waals surface area contributed by atoms with Crippen LogP contribution in [-0.4, -0.2) is 64.0 Å². The van der Waals surface area contributed by atoms with E-state index in [1.807, 2.05) is 64.4 Å². The van der Waals surface area contributed by atoms with Gasteiger partial charge in [0, 0.05) is 30.8 Å². The number of azide groups is 1. The van der Waals surface area contributed by atoms with Gasteiger partial charge in [-0.3, -0.25) is 14.4 Å². The van der Waals surface area contributed by atoms with Gasteiger partial charge in [0.2, 0.25) is 17.7 Å². The first kappa shape index (κ1) is 33.0. The lowest BCUT2D eigenvalue weighted by Gasteiger charge is -2.35. The number of unbranched alkanes of at least 4 members (excludes halogenated alkanes) is 3. The molecule has 3 amide bonds. The second-order valence-corrected chi connectivity index (χ2v) is 12.9. The van der Waals surface area contributed by atoms with Crippen LogP contribution in [0.2, 0.25) is 0 Å². The maximum atomic E-state index is 13.8. The van der Waals surface area contributed by atoms with Crippen molar-refractivity contribution < 1.29 is 19.5 Å². The maximum Gasteiger partial charge on any atom is 0.246 e. The van der Waals surface area contributed by atoms with E-state index in [4.69, 9.17) is 5.53 Å². The number of carbonyl (C=O) groups excluding carboxylic acids is 3. The average Bonchev–Trinajstić information content (AvgIpc) is 3.55. The van der Waals surface area contributed by atoms with Gasteiger partial charge < -0.3 is 20.6 Å². The Morgan fingerprint density at radius 3 is 2.48 bits per heavy atom. The van der Waals surface area contributed by atoms with Crippen LogP contribution in [0.4, 0.5) is 0 Å². The van der Waals surface area contributed by atoms with Crippen LogP contribution in [0.3, 0.4) is 0 Å². The lowest BCUT2D eigenvalue weighted by atomic mass is 9.85. The molecule has 1 aromatic carbocycles. The van der Waals surface area contributed by atoms with Gasteiger partial charge in [-0.25, -0.2) is 4.98 Å². The molecule has 1 aliphatic rings. The number of aryl methyl sites for hydroxylation is 1. The fourth-order valence-electron chi connectivity index (χ4n) is 5.11. The minimum absolute atomic E-state index is 0.0296. The molecule has 2 aromatic rings. The van der Waals surface area contributed by atoms with Crippen molar-refractivity contribution in [2.45, 2.75) is 97.4 Å². The zero-order chi connectivity index (χ0) is 30.9. The molecule has 42 heavy (non-hydrogen) atoms. The SMILES string of the molecule is Cc1ncsc1-c1ccc([C@H](C)NC(=O)[C@@H]2C[C@@H](O)CN2C(=O)[C@@H](NC(=O)CCCCCCN=[N+]=[N-])C(C)(C)C)cc1. The van der Waals surface area contributed by atoms with Gasteiger partial charge in [-0.2, -0.15) is 0 Å². The van der Waals surface area contributed by atoms with E-state index in [0.717, 1.165) is 41.0 Å². The topological polar surface area (TPSA) is 160 Å². The molecule has 0 spiro atoms. The number of benzene rings is 1. The molecule has 0 radical (unpaired) electrons. The molecule has 228 valence electrons. The number of aliphatic hydroxyl groups excluding tert-OH is 1. The number of β-amino-alcohol motifs (C(OH)–C–C–N with tert-alkyl or cyclic N) is 1. The molecule has 0 unspecified atom stereocenters. The Morgan fingerprint density at radius 1 is 1.17 bits per heavy atom. The molecule has 0 saturated carbocycles. The number of thiazole rings is 1. The predicted molar refractivity (Wildman–Crippen MR) is 163 cm³/mol. The molecule has 12 heteroatoms. The molecule has 0 bridgehead atoms. The highest BCUT2D eigenvalue weighted by Crippen LogP contribution is 2.29. The molecule has 3 N–H and O–H groups in total. The summed E-state index contributed by atoms with van der Waals surface area (Å²) in [6, 6.07) is 5.95. The number of hydrogen-bond donors (Lipinski definition) is 3. The number of nitrogens with zero attached hydrogens (tertiary/aromatic N) is 5. The molecular formula is C30H43N7O4S. The van der Waals surface area contributed by atoms with Crippen molar-refractivity contribution in [3.05, 3.63) is 51.5 Å². The van der Waals surface area contributed by atoms with E-state index in [-0.39, 0.29) is 43.1 Å². The Bertz CT molecular complexity index is 1270. The van der Waals surface area contributed by atoms with Gasteiger partial charge in [0.1, 0.15) is 12.1 Å². The van der Waals surface area contributed by atoms with Crippen molar-refractivity contribution in [1.82, 2.24) is 20.5 Å². The molecule has 2 heterocycles. The summed E-state index contributed by atoms with van der Waals surface area (Å²) in [6.07, 6.45) is 2.67. The first-order valence-electron chi connectivity index (χ1n) is 14.5. The van der Waals surface area contributed by atoms with Crippen molar-refractivity contribution in [3.8, 4) is 10.4 Å². The van der Waals surface area contributed by atoms with E-state index in [1.54, 1.807) is 11.3 Å². The standard InChI is InChI=1S/C30H43N7O4S/c1-19(21-11-13-22(14-12-21)26-20(2)32-18-42-26)34-28(40)24-16-23(38)17-37(24)29(41)27(30(3,4)5)35-25(39)10-8-6-7-9-15-33-36-31/h11-14,18-19,23-24,27,38H,6-10,15-17H2,1-5H3,(H,34,40)(H,35,39)/t19-,23+,24-,27+/m0/s1. The molecule has 1 fully saturated rings. The Morgan fingerprint density at radius 2 is 1.86 bits per heavy atom. The number of aliphatic hydroxyl groups is 1. The third kappa shape index (κ3) is 9.01. The third-order valence-corrected chi connectivity index (χ3v) is 8.51. The number of rotatable bonds is 13. The fourth-order valence-corrected chi connectivity index (χ4v) is 5.93. The molecular weight excluding hydrogens is 554 g/mol. The smallest absolute Gasteiger partial charge is 0.246 e. The quantitative estimate of drug-likeness (QED) is 0.127. The van der Waals surface area contributed by atoms with Crippen molar-refractivity contribution in [1.29, 1.82) is 0 Å². The Kier molecular flexibility index (Phi) is 11.9. The van der Waals surface area contributed by atoms with E-state index in [2.05, 4.69) is 25.6 Å². The minimum atomic E-state index is -0.851. The number of aromatic nitrogens is 1. The van der Waals surface area contributed by atoms with Crippen LogP contribution in [0, 0.1) is 12.3 Å². The van der Waals surface area contributed by atoms with Gasteiger partial charge >= 0.3 is 0 Å². The second kappa shape index (κ2) is 15.1. The third-order valence-electron chi connectivity index (χ3n) is 7.54. The summed E-state index contributed by atoms with van der Waals surface area (Å²) in [7, 11) is 0. The lowest BCUT2D eigenvalue weighted by Crippen LogP contribution is -2.57. The van der Waals surface area contributed by atoms with Gasteiger partial charge in [0.25, 0.3) is 0 Å². The lowest BCUT2D eigenvalue weighted by molar-refractivity contribution is -0.144. The Hall–Kier alpha value is -3.47. The predicted octanol–water partition coefficient (Wildman–Crippen LogP) is 5.05. The summed E-state index contributed by atoms with van der Waals surface area (Å²) < 4.78 is 0. The fraction of sp³-hybridized carbons (Fsp3) is 0.600. The molecule has 0 aliphatic carbocycles. The van der Waals surface area contributed by atoms with Gasteiger partial charge in [0.05, 0.1) is 28.2 Å². The summed E-state index contributed by atoms with van der Waals surface area (Å²) in [5.41, 5.74) is 12.5. The van der Waals surface area contributed by atoms with Crippen LogP contribution in [0.25, 0.3) is 20.9 Å². The van der Waals surface area contributed by atoms with Crippen LogP contribution in [0.1, 0.15) is 83.5 Å². The maximum absolute atomic E-state index is 13.8. The van der Waals surface area contributed by atoms with Crippen molar-refractivity contribution in [2.24, 2.45) is 10.5 Å². The number of carbonyl (C=O) groups is 3. The van der Waals surface area contributed by atoms with Gasteiger partial charge in [-0.1, -0.05) is 63.0 Å². The summed E-state index contributed by atoms with van der Waals surface area (Å²) in [5.74, 6) is -0.946. The van der Waals surface area contributed by atoms with Crippen molar-refractivity contribution >= 4 is 29.1 Å². The van der Waals surface area contributed by atoms with Crippen molar-refractivity contribution in [2.75, 3.05) is 13.1 Å². The second-order valence-electron chi connectivity index (χ2n) is 12.0. The summed E-state index contributed by atoms with van der Waals surface area (Å²) in [4.78, 5) is 49.5. The largest absolute Gasteiger partial charge is 0.391 e. The van der Waals surface area contributed by atoms with Crippen LogP contribution < -0.4 is 10.6 Å². The van der Waals surface area contributed by atoms with Crippen LogP contribution >= 0.6 is 11.3 Å². The van der Waals surface area contributed by atoms with Crippen LogP contribution in [0.15, 0.2) is 34.9 Å². The highest BCUT2D eigenvalue weighted by atomic mass is 32.1.